The summed E-state index contributed by atoms with van der Waals surface area (Å²) in [5.41, 5.74) is 4.21. The van der Waals surface area contributed by atoms with Crippen molar-refractivity contribution >= 4 is 52.3 Å². The number of carbonyl (C=O) groups is 1. The standard InChI is InChI=1S/C29H27Cl2F3N8O/c30-20-10-21(31)12-23(11-20)39-28-36-14-25(19-13-37-42(16-19)24-3-6-35-7-4-24)26(40-28)38-22-2-1-17-5-8-41(15-18(17)9-22)27(43)29(32,33)34/h1-2,9-14,16,24,35H,3-8,15H2,(H2,36,38,39,40). The lowest BCUT2D eigenvalue weighted by Gasteiger charge is -2.29. The summed E-state index contributed by atoms with van der Waals surface area (Å²) in [5, 5.41) is 15.3. The largest absolute Gasteiger partial charge is 0.471 e. The number of carbonyl (C=O) groups excluding carboxylic acids is 1. The van der Waals surface area contributed by atoms with E-state index in [1.54, 1.807) is 36.7 Å². The van der Waals surface area contributed by atoms with E-state index >= 15 is 0 Å². The van der Waals surface area contributed by atoms with E-state index in [2.05, 4.69) is 26.0 Å². The minimum absolute atomic E-state index is 0.0117. The first kappa shape index (κ1) is 29.2. The Morgan fingerprint density at radius 1 is 0.977 bits per heavy atom. The van der Waals surface area contributed by atoms with E-state index in [1.807, 2.05) is 23.0 Å². The van der Waals surface area contributed by atoms with Crippen molar-refractivity contribution in [2.24, 2.45) is 0 Å². The molecule has 0 unspecified atom stereocenters. The van der Waals surface area contributed by atoms with Gasteiger partial charge in [-0.25, -0.2) is 4.98 Å². The van der Waals surface area contributed by atoms with Crippen molar-refractivity contribution in [3.63, 3.8) is 0 Å². The van der Waals surface area contributed by atoms with Crippen molar-refractivity contribution in [3.05, 3.63) is 76.2 Å². The smallest absolute Gasteiger partial charge is 0.340 e. The summed E-state index contributed by atoms with van der Waals surface area (Å²) in [6.45, 7) is 1.73. The number of alkyl halides is 3. The number of hydrogen-bond acceptors (Lipinski definition) is 7. The summed E-state index contributed by atoms with van der Waals surface area (Å²) in [6.07, 6.45) is 2.77. The van der Waals surface area contributed by atoms with Crippen LogP contribution in [0, 0.1) is 0 Å². The Morgan fingerprint density at radius 2 is 1.74 bits per heavy atom. The van der Waals surface area contributed by atoms with E-state index in [0.717, 1.165) is 42.0 Å². The molecule has 0 atom stereocenters. The van der Waals surface area contributed by atoms with E-state index in [0.29, 0.717) is 44.8 Å². The molecule has 4 aromatic rings. The maximum atomic E-state index is 13.1. The molecule has 4 heterocycles. The van der Waals surface area contributed by atoms with Crippen LogP contribution >= 0.6 is 23.2 Å². The van der Waals surface area contributed by atoms with Crippen LogP contribution in [0.4, 0.5) is 36.3 Å². The van der Waals surface area contributed by atoms with Crippen LogP contribution in [0.3, 0.4) is 0 Å². The molecule has 1 fully saturated rings. The molecule has 43 heavy (non-hydrogen) atoms. The first-order valence-corrected chi connectivity index (χ1v) is 14.5. The summed E-state index contributed by atoms with van der Waals surface area (Å²) >= 11 is 12.3. The summed E-state index contributed by atoms with van der Waals surface area (Å²) in [6, 6.07) is 10.7. The number of nitrogens with zero attached hydrogens (tertiary/aromatic N) is 5. The minimum Gasteiger partial charge on any atom is -0.340 e. The summed E-state index contributed by atoms with van der Waals surface area (Å²) in [7, 11) is 0. The average molecular weight is 631 g/mol. The maximum absolute atomic E-state index is 13.1. The zero-order chi connectivity index (χ0) is 30.1. The van der Waals surface area contributed by atoms with Gasteiger partial charge in [-0.1, -0.05) is 29.3 Å². The molecule has 224 valence electrons. The highest BCUT2D eigenvalue weighted by Crippen LogP contribution is 2.33. The monoisotopic (exact) mass is 630 g/mol. The van der Waals surface area contributed by atoms with Crippen LogP contribution in [0.2, 0.25) is 10.0 Å². The number of rotatable bonds is 6. The van der Waals surface area contributed by atoms with Gasteiger partial charge in [0.1, 0.15) is 5.82 Å². The fraction of sp³-hybridized carbons (Fsp3) is 0.310. The van der Waals surface area contributed by atoms with Crippen molar-refractivity contribution in [1.82, 2.24) is 30.0 Å². The molecule has 1 saturated heterocycles. The topological polar surface area (TPSA) is 100 Å². The van der Waals surface area contributed by atoms with Gasteiger partial charge in [0.2, 0.25) is 5.95 Å². The molecule has 0 saturated carbocycles. The molecule has 6 rings (SSSR count). The summed E-state index contributed by atoms with van der Waals surface area (Å²) in [4.78, 5) is 22.0. The van der Waals surface area contributed by atoms with E-state index in [1.165, 1.54) is 0 Å². The number of benzene rings is 2. The van der Waals surface area contributed by atoms with Crippen LogP contribution in [0.25, 0.3) is 11.1 Å². The molecule has 0 radical (unpaired) electrons. The molecular weight excluding hydrogens is 604 g/mol. The lowest BCUT2D eigenvalue weighted by molar-refractivity contribution is -0.186. The normalized spacial score (nSPS) is 15.7. The average Bonchev–Trinajstić information content (AvgIpc) is 3.46. The van der Waals surface area contributed by atoms with Gasteiger partial charge in [-0.15, -0.1) is 0 Å². The second-order valence-electron chi connectivity index (χ2n) is 10.5. The van der Waals surface area contributed by atoms with Crippen LogP contribution in [-0.4, -0.2) is 56.4 Å². The zero-order valence-electron chi connectivity index (χ0n) is 22.8. The lowest BCUT2D eigenvalue weighted by atomic mass is 9.99. The Labute approximate surface area is 255 Å². The van der Waals surface area contributed by atoms with E-state index in [-0.39, 0.29) is 25.1 Å². The number of aromatic nitrogens is 4. The van der Waals surface area contributed by atoms with Crippen LogP contribution in [0.15, 0.2) is 55.0 Å². The third-order valence-corrected chi connectivity index (χ3v) is 7.95. The number of piperidine rings is 1. The molecule has 2 aliphatic rings. The third-order valence-electron chi connectivity index (χ3n) is 7.51. The summed E-state index contributed by atoms with van der Waals surface area (Å²) < 4.78 is 41.2. The predicted molar refractivity (Wildman–Crippen MR) is 159 cm³/mol. The van der Waals surface area contributed by atoms with Crippen LogP contribution in [-0.2, 0) is 17.8 Å². The quantitative estimate of drug-likeness (QED) is 0.223. The Hall–Kier alpha value is -3.87. The number of nitrogens with one attached hydrogen (secondary N) is 3. The van der Waals surface area contributed by atoms with E-state index in [4.69, 9.17) is 28.2 Å². The highest BCUT2D eigenvalue weighted by molar-refractivity contribution is 6.35. The van der Waals surface area contributed by atoms with Crippen molar-refractivity contribution in [3.8, 4) is 11.1 Å². The molecule has 1 amide bonds. The van der Waals surface area contributed by atoms with Crippen LogP contribution in [0.5, 0.6) is 0 Å². The zero-order valence-corrected chi connectivity index (χ0v) is 24.3. The molecule has 14 heteroatoms. The second-order valence-corrected chi connectivity index (χ2v) is 11.4. The van der Waals surface area contributed by atoms with E-state index < -0.39 is 12.1 Å². The molecule has 0 bridgehead atoms. The van der Waals surface area contributed by atoms with Crippen LogP contribution in [0.1, 0.15) is 30.0 Å². The van der Waals surface area contributed by atoms with Gasteiger partial charge in [0.25, 0.3) is 0 Å². The summed E-state index contributed by atoms with van der Waals surface area (Å²) in [5.74, 6) is -1.11. The number of hydrogen-bond donors (Lipinski definition) is 3. The van der Waals surface area contributed by atoms with Gasteiger partial charge in [0.15, 0.2) is 0 Å². The fourth-order valence-electron chi connectivity index (χ4n) is 5.38. The molecular formula is C29H27Cl2F3N8O. The van der Waals surface area contributed by atoms with Crippen molar-refractivity contribution in [2.75, 3.05) is 30.3 Å². The highest BCUT2D eigenvalue weighted by atomic mass is 35.5. The first-order chi connectivity index (χ1) is 20.6. The van der Waals surface area contributed by atoms with Crippen LogP contribution < -0.4 is 16.0 Å². The van der Waals surface area contributed by atoms with Crippen molar-refractivity contribution < 1.29 is 18.0 Å². The minimum atomic E-state index is -4.92. The van der Waals surface area contributed by atoms with E-state index in [9.17, 15) is 18.0 Å². The van der Waals surface area contributed by atoms with Crippen molar-refractivity contribution in [1.29, 1.82) is 0 Å². The molecule has 0 spiro atoms. The van der Waals surface area contributed by atoms with Gasteiger partial charge in [-0.05, 0) is 73.8 Å². The van der Waals surface area contributed by atoms with Gasteiger partial charge in [0, 0.05) is 58.0 Å². The molecule has 9 nitrogen and oxygen atoms in total. The number of amides is 1. The SMILES string of the molecule is O=C(N1CCc2ccc(Nc3nc(Nc4cc(Cl)cc(Cl)c4)ncc3-c3cnn(C4CCNCC4)c3)cc2C1)C(F)(F)F. The van der Waals surface area contributed by atoms with Gasteiger partial charge in [-0.2, -0.15) is 23.3 Å². The van der Waals surface area contributed by atoms with Gasteiger partial charge in [0.05, 0.1) is 12.2 Å². The molecule has 3 N–H and O–H groups in total. The third kappa shape index (κ3) is 6.71. The highest BCUT2D eigenvalue weighted by Gasteiger charge is 2.43. The Morgan fingerprint density at radius 3 is 2.49 bits per heavy atom. The number of halogens is 5. The van der Waals surface area contributed by atoms with Gasteiger partial charge < -0.3 is 20.9 Å². The Bertz CT molecular complexity index is 1630. The Kier molecular flexibility index (Phi) is 8.17. The van der Waals surface area contributed by atoms with Crippen molar-refractivity contribution in [2.45, 2.75) is 38.0 Å². The molecule has 2 aromatic heterocycles. The molecule has 0 aliphatic carbocycles. The predicted octanol–water partition coefficient (Wildman–Crippen LogP) is 6.51. The second kappa shape index (κ2) is 12.0. The molecule has 2 aliphatic heterocycles. The first-order valence-electron chi connectivity index (χ1n) is 13.7. The van der Waals surface area contributed by atoms with Gasteiger partial charge >= 0.3 is 12.1 Å². The lowest BCUT2D eigenvalue weighted by Crippen LogP contribution is -2.43. The number of anilines is 4. The van der Waals surface area contributed by atoms with Gasteiger partial charge in [-0.3, -0.25) is 9.48 Å². The Balaban J connectivity index is 1.32. The maximum Gasteiger partial charge on any atom is 0.471 e. The number of fused-ring (bicyclic) bond motifs is 1. The molecule has 2 aromatic carbocycles. The fourth-order valence-corrected chi connectivity index (χ4v) is 5.90.